The van der Waals surface area contributed by atoms with Crippen LogP contribution >= 0.6 is 15.9 Å². The second kappa shape index (κ2) is 13.3. The van der Waals surface area contributed by atoms with E-state index < -0.39 is 5.82 Å². The van der Waals surface area contributed by atoms with Gasteiger partial charge >= 0.3 is 7.69 Å². The molecule has 4 aromatic carbocycles. The molecule has 0 aromatic heterocycles. The first-order valence-electron chi connectivity index (χ1n) is 9.59. The SMILES string of the molecule is Nc1cc(-c2ccc(F)cc2)ccc1F.Nc1cc(Br)ccc1F.O[B]Oc1ccc(F)cc1. The van der Waals surface area contributed by atoms with E-state index in [1.807, 2.05) is 0 Å². The lowest BCUT2D eigenvalue weighted by atomic mass is 10.1. The highest BCUT2D eigenvalue weighted by molar-refractivity contribution is 9.10. The fourth-order valence-electron chi connectivity index (χ4n) is 2.45. The van der Waals surface area contributed by atoms with Crippen molar-refractivity contribution in [2.24, 2.45) is 0 Å². The summed E-state index contributed by atoms with van der Waals surface area (Å²) in [5, 5.41) is 8.15. The average Bonchev–Trinajstić information content (AvgIpc) is 2.81. The third kappa shape index (κ3) is 8.80. The predicted molar refractivity (Wildman–Crippen MR) is 130 cm³/mol. The van der Waals surface area contributed by atoms with E-state index in [2.05, 4.69) is 20.6 Å². The molecule has 1 radical (unpaired) electrons. The highest BCUT2D eigenvalue weighted by Gasteiger charge is 2.02. The zero-order valence-electron chi connectivity index (χ0n) is 17.6. The third-order valence-corrected chi connectivity index (χ3v) is 4.63. The van der Waals surface area contributed by atoms with Gasteiger partial charge in [0.1, 0.15) is 29.0 Å². The fraction of sp³-hybridized carbons (Fsp3) is 0. The summed E-state index contributed by atoms with van der Waals surface area (Å²) in [5.74, 6) is -1.04. The minimum atomic E-state index is -0.444. The Kier molecular flexibility index (Phi) is 10.4. The summed E-state index contributed by atoms with van der Waals surface area (Å²) < 4.78 is 55.4. The van der Waals surface area contributed by atoms with E-state index in [9.17, 15) is 17.6 Å². The number of benzene rings is 4. The van der Waals surface area contributed by atoms with Crippen LogP contribution in [0.3, 0.4) is 0 Å². The van der Waals surface area contributed by atoms with Crippen molar-refractivity contribution in [3.63, 3.8) is 0 Å². The molecule has 5 N–H and O–H groups in total. The zero-order chi connectivity index (χ0) is 25.1. The molecule has 0 fully saturated rings. The standard InChI is InChI=1S/C12H9F2N.C6H5BFO2.C6H5BrFN/c13-10-4-1-8(2-5-10)9-3-6-11(14)12(15)7-9;8-5-1-3-6(4-2-5)10-7-9;7-4-1-2-5(8)6(9)3-4/h1-7H,15H2;1-4,9H;1-3H,9H2. The van der Waals surface area contributed by atoms with E-state index in [4.69, 9.17) is 16.5 Å². The number of nitrogens with two attached hydrogens (primary N) is 2. The molecular formula is C24H19BBrF4N2O2. The zero-order valence-corrected chi connectivity index (χ0v) is 19.1. The topological polar surface area (TPSA) is 81.5 Å². The first-order valence-corrected chi connectivity index (χ1v) is 10.4. The van der Waals surface area contributed by atoms with Crippen LogP contribution < -0.4 is 16.1 Å². The molecule has 4 aromatic rings. The molecule has 0 amide bonds. The normalized spacial score (nSPS) is 9.71. The van der Waals surface area contributed by atoms with Crippen molar-refractivity contribution in [2.45, 2.75) is 0 Å². The molecule has 175 valence electrons. The fourth-order valence-corrected chi connectivity index (χ4v) is 2.83. The van der Waals surface area contributed by atoms with Crippen molar-refractivity contribution < 1.29 is 27.2 Å². The number of hydrogen-bond acceptors (Lipinski definition) is 4. The number of hydrogen-bond donors (Lipinski definition) is 3. The van der Waals surface area contributed by atoms with E-state index in [-0.39, 0.29) is 28.8 Å². The van der Waals surface area contributed by atoms with Gasteiger partial charge in [0.25, 0.3) is 0 Å². The molecule has 0 aliphatic carbocycles. The molecule has 0 unspecified atom stereocenters. The van der Waals surface area contributed by atoms with Crippen LogP contribution in [0.15, 0.2) is 89.4 Å². The Labute approximate surface area is 203 Å². The Bertz CT molecular complexity index is 1200. The molecule has 0 saturated heterocycles. The van der Waals surface area contributed by atoms with Crippen molar-refractivity contribution in [1.82, 2.24) is 0 Å². The van der Waals surface area contributed by atoms with Gasteiger partial charge in [0.2, 0.25) is 0 Å². The minimum Gasteiger partial charge on any atom is -0.537 e. The summed E-state index contributed by atoms with van der Waals surface area (Å²) in [6, 6.07) is 20.2. The van der Waals surface area contributed by atoms with E-state index >= 15 is 0 Å². The lowest BCUT2D eigenvalue weighted by Crippen LogP contribution is -1.99. The van der Waals surface area contributed by atoms with Crippen LogP contribution in [-0.2, 0) is 0 Å². The molecule has 4 rings (SSSR count). The first-order chi connectivity index (χ1) is 16.2. The Morgan fingerprint density at radius 1 is 0.647 bits per heavy atom. The van der Waals surface area contributed by atoms with Gasteiger partial charge in [-0.1, -0.05) is 34.1 Å². The van der Waals surface area contributed by atoms with Crippen molar-refractivity contribution >= 4 is 35.0 Å². The lowest BCUT2D eigenvalue weighted by molar-refractivity contribution is 0.453. The van der Waals surface area contributed by atoms with Gasteiger partial charge in [-0.3, -0.25) is 0 Å². The van der Waals surface area contributed by atoms with E-state index in [1.165, 1.54) is 60.7 Å². The molecule has 0 aliphatic rings. The van der Waals surface area contributed by atoms with E-state index in [1.54, 1.807) is 24.3 Å². The van der Waals surface area contributed by atoms with Crippen molar-refractivity contribution in [2.75, 3.05) is 11.5 Å². The van der Waals surface area contributed by atoms with Crippen LogP contribution in [0.2, 0.25) is 0 Å². The van der Waals surface area contributed by atoms with Crippen molar-refractivity contribution in [1.29, 1.82) is 0 Å². The number of rotatable bonds is 3. The van der Waals surface area contributed by atoms with Gasteiger partial charge in [0.15, 0.2) is 0 Å². The Hall–Kier alpha value is -3.50. The summed E-state index contributed by atoms with van der Waals surface area (Å²) in [6.07, 6.45) is 0. The molecular weight excluding hydrogens is 515 g/mol. The molecule has 10 heteroatoms. The Balaban J connectivity index is 0.000000189. The van der Waals surface area contributed by atoms with Gasteiger partial charge in [-0.15, -0.1) is 0 Å². The highest BCUT2D eigenvalue weighted by atomic mass is 79.9. The Morgan fingerprint density at radius 3 is 1.59 bits per heavy atom. The molecule has 0 heterocycles. The minimum absolute atomic E-state index is 0.0943. The van der Waals surface area contributed by atoms with Crippen LogP contribution in [0.4, 0.5) is 28.9 Å². The van der Waals surface area contributed by atoms with Gasteiger partial charge < -0.3 is 21.1 Å². The van der Waals surface area contributed by atoms with Gasteiger partial charge in [0, 0.05) is 4.47 Å². The maximum atomic E-state index is 12.9. The summed E-state index contributed by atoms with van der Waals surface area (Å²) >= 11 is 3.15. The number of halogens is 5. The van der Waals surface area contributed by atoms with Crippen LogP contribution in [-0.4, -0.2) is 12.7 Å². The maximum Gasteiger partial charge on any atom is 0.569 e. The van der Waals surface area contributed by atoms with Crippen LogP contribution in [0, 0.1) is 23.3 Å². The van der Waals surface area contributed by atoms with Crippen LogP contribution in [0.5, 0.6) is 5.75 Å². The average molecular weight is 534 g/mol. The highest BCUT2D eigenvalue weighted by Crippen LogP contribution is 2.23. The van der Waals surface area contributed by atoms with Crippen LogP contribution in [0.25, 0.3) is 11.1 Å². The Morgan fingerprint density at radius 2 is 1.12 bits per heavy atom. The van der Waals surface area contributed by atoms with Gasteiger partial charge in [-0.25, -0.2) is 17.6 Å². The van der Waals surface area contributed by atoms with Gasteiger partial charge in [0.05, 0.1) is 11.4 Å². The molecule has 0 bridgehead atoms. The third-order valence-electron chi connectivity index (χ3n) is 4.13. The molecule has 0 atom stereocenters. The molecule has 0 spiro atoms. The van der Waals surface area contributed by atoms with Crippen molar-refractivity contribution in [3.05, 3.63) is 113 Å². The van der Waals surface area contributed by atoms with Gasteiger partial charge in [-0.05, 0) is 77.9 Å². The predicted octanol–water partition coefficient (Wildman–Crippen LogP) is 6.12. The first kappa shape index (κ1) is 26.8. The van der Waals surface area contributed by atoms with E-state index in [0.717, 1.165) is 15.6 Å². The second-order valence-corrected chi connectivity index (χ2v) is 7.50. The summed E-state index contributed by atoms with van der Waals surface area (Å²) in [5.41, 5.74) is 12.5. The molecule has 0 aliphatic heterocycles. The number of nitrogen functional groups attached to an aromatic ring is 2. The smallest absolute Gasteiger partial charge is 0.537 e. The lowest BCUT2D eigenvalue weighted by Gasteiger charge is -2.03. The summed E-state index contributed by atoms with van der Waals surface area (Å²) in [4.78, 5) is 0. The van der Waals surface area contributed by atoms with Crippen LogP contribution in [0.1, 0.15) is 0 Å². The summed E-state index contributed by atoms with van der Waals surface area (Å²) in [7, 11) is 0.549. The van der Waals surface area contributed by atoms with Gasteiger partial charge in [-0.2, -0.15) is 0 Å². The number of anilines is 2. The monoisotopic (exact) mass is 533 g/mol. The van der Waals surface area contributed by atoms with Crippen molar-refractivity contribution in [3.8, 4) is 16.9 Å². The maximum absolute atomic E-state index is 12.9. The second-order valence-electron chi connectivity index (χ2n) is 6.59. The molecule has 0 saturated carbocycles. The quantitative estimate of drug-likeness (QED) is 0.168. The molecule has 4 nitrogen and oxygen atoms in total. The largest absolute Gasteiger partial charge is 0.569 e. The van der Waals surface area contributed by atoms with E-state index in [0.29, 0.717) is 13.4 Å². The summed E-state index contributed by atoms with van der Waals surface area (Å²) in [6.45, 7) is 0. The molecule has 34 heavy (non-hydrogen) atoms.